The number of hydrogen-bond acceptors (Lipinski definition) is 5. The van der Waals surface area contributed by atoms with Crippen LogP contribution in [0.5, 0.6) is 0 Å². The monoisotopic (exact) mass is 258 g/mol. The molecular weight excluding hydrogens is 240 g/mol. The fraction of sp³-hybridized carbons (Fsp3) is 0.286. The molecule has 2 aromatic rings. The number of aliphatic hydroxyl groups excluding tert-OH is 1. The highest BCUT2D eigenvalue weighted by Gasteiger charge is 2.08. The number of nitrogens with zero attached hydrogens (tertiary/aromatic N) is 2. The minimum absolute atomic E-state index is 0.127. The minimum Gasteiger partial charge on any atom is -0.396 e. The molecule has 0 aliphatic carbocycles. The molecule has 0 radical (unpaired) electrons. The molecule has 0 saturated carbocycles. The van der Waals surface area contributed by atoms with Gasteiger partial charge in [0, 0.05) is 25.3 Å². The van der Waals surface area contributed by atoms with Crippen LogP contribution in [0.4, 0.5) is 11.8 Å². The highest BCUT2D eigenvalue weighted by Crippen LogP contribution is 2.10. The number of anilines is 2. The van der Waals surface area contributed by atoms with Crippen molar-refractivity contribution in [2.75, 3.05) is 24.2 Å². The van der Waals surface area contributed by atoms with Gasteiger partial charge in [-0.15, -0.1) is 0 Å². The zero-order valence-electron chi connectivity index (χ0n) is 10.7. The largest absolute Gasteiger partial charge is 0.396 e. The lowest BCUT2D eigenvalue weighted by Gasteiger charge is -2.15. The van der Waals surface area contributed by atoms with Crippen LogP contribution in [0.25, 0.3) is 0 Å². The first kappa shape index (κ1) is 13.3. The van der Waals surface area contributed by atoms with Crippen molar-refractivity contribution < 1.29 is 5.11 Å². The van der Waals surface area contributed by atoms with Crippen molar-refractivity contribution in [3.05, 3.63) is 48.2 Å². The summed E-state index contributed by atoms with van der Waals surface area (Å²) in [5.74, 6) is 1.06. The smallest absolute Gasteiger partial charge is 0.221 e. The van der Waals surface area contributed by atoms with Crippen LogP contribution in [-0.2, 0) is 6.42 Å². The van der Waals surface area contributed by atoms with E-state index in [1.54, 1.807) is 12.3 Å². The Hall–Kier alpha value is -2.14. The second kappa shape index (κ2) is 6.70. The molecule has 100 valence electrons. The average molecular weight is 258 g/mol. The summed E-state index contributed by atoms with van der Waals surface area (Å²) in [5, 5.41) is 12.6. The zero-order valence-corrected chi connectivity index (χ0v) is 10.7. The lowest BCUT2D eigenvalue weighted by atomic mass is 10.0. The Balaban J connectivity index is 1.89. The number of benzene rings is 1. The van der Waals surface area contributed by atoms with Gasteiger partial charge in [-0.3, -0.25) is 0 Å². The Bertz CT molecular complexity index is 504. The molecule has 0 bridgehead atoms. The predicted octanol–water partition coefficient (Wildman–Crippen LogP) is 1.32. The molecule has 0 aliphatic heterocycles. The third-order valence-electron chi connectivity index (χ3n) is 2.87. The molecule has 1 heterocycles. The Morgan fingerprint density at radius 1 is 1.21 bits per heavy atom. The van der Waals surface area contributed by atoms with Crippen LogP contribution in [0.1, 0.15) is 5.56 Å². The summed E-state index contributed by atoms with van der Waals surface area (Å²) in [6.45, 7) is 0.768. The third-order valence-corrected chi connectivity index (χ3v) is 2.87. The van der Waals surface area contributed by atoms with E-state index >= 15 is 0 Å². The molecular formula is C14H18N4O. The van der Waals surface area contributed by atoms with Gasteiger partial charge in [0.25, 0.3) is 0 Å². The van der Waals surface area contributed by atoms with Crippen molar-refractivity contribution in [3.8, 4) is 0 Å². The van der Waals surface area contributed by atoms with E-state index in [0.717, 1.165) is 6.42 Å². The molecule has 19 heavy (non-hydrogen) atoms. The van der Waals surface area contributed by atoms with Crippen molar-refractivity contribution in [3.63, 3.8) is 0 Å². The highest BCUT2D eigenvalue weighted by molar-refractivity contribution is 5.37. The second-order valence-electron chi connectivity index (χ2n) is 4.42. The first-order valence-corrected chi connectivity index (χ1v) is 6.25. The maximum absolute atomic E-state index is 9.42. The van der Waals surface area contributed by atoms with Gasteiger partial charge in [0.1, 0.15) is 5.82 Å². The number of aliphatic hydroxyl groups is 1. The van der Waals surface area contributed by atoms with Crippen LogP contribution in [0.3, 0.4) is 0 Å². The normalized spacial score (nSPS) is 12.1. The quantitative estimate of drug-likeness (QED) is 0.728. The van der Waals surface area contributed by atoms with Gasteiger partial charge in [0.2, 0.25) is 5.95 Å². The lowest BCUT2D eigenvalue weighted by Crippen LogP contribution is -2.21. The summed E-state index contributed by atoms with van der Waals surface area (Å²) in [6.07, 6.45) is 2.43. The van der Waals surface area contributed by atoms with E-state index in [9.17, 15) is 5.11 Å². The summed E-state index contributed by atoms with van der Waals surface area (Å²) in [7, 11) is 0. The van der Waals surface area contributed by atoms with E-state index < -0.39 is 0 Å². The van der Waals surface area contributed by atoms with Crippen molar-refractivity contribution in [1.29, 1.82) is 0 Å². The van der Waals surface area contributed by atoms with E-state index in [2.05, 4.69) is 27.4 Å². The van der Waals surface area contributed by atoms with Crippen LogP contribution in [0.2, 0.25) is 0 Å². The molecule has 1 aromatic heterocycles. The first-order valence-electron chi connectivity index (χ1n) is 6.25. The Morgan fingerprint density at radius 3 is 2.68 bits per heavy atom. The number of nitrogen functional groups attached to an aromatic ring is 1. The maximum Gasteiger partial charge on any atom is 0.221 e. The van der Waals surface area contributed by atoms with Crippen LogP contribution in [-0.4, -0.2) is 28.2 Å². The van der Waals surface area contributed by atoms with E-state index in [-0.39, 0.29) is 18.5 Å². The number of aromatic nitrogens is 2. The van der Waals surface area contributed by atoms with Gasteiger partial charge < -0.3 is 16.2 Å². The van der Waals surface area contributed by atoms with Crippen molar-refractivity contribution in [1.82, 2.24) is 9.97 Å². The standard InChI is InChI=1S/C14H18N4O/c15-14-16-7-6-13(18-14)17-9-12(10-19)8-11-4-2-1-3-5-11/h1-7,12,19H,8-10H2,(H3,15,16,17,18). The van der Waals surface area contributed by atoms with E-state index in [1.165, 1.54) is 5.56 Å². The highest BCUT2D eigenvalue weighted by atomic mass is 16.3. The molecule has 1 aromatic carbocycles. The van der Waals surface area contributed by atoms with E-state index in [1.807, 2.05) is 18.2 Å². The van der Waals surface area contributed by atoms with Crippen LogP contribution < -0.4 is 11.1 Å². The fourth-order valence-electron chi connectivity index (χ4n) is 1.87. The summed E-state index contributed by atoms with van der Waals surface area (Å²) in [5.41, 5.74) is 6.72. The third kappa shape index (κ3) is 4.22. The summed E-state index contributed by atoms with van der Waals surface area (Å²) >= 11 is 0. The molecule has 0 fully saturated rings. The SMILES string of the molecule is Nc1nccc(NCC(CO)Cc2ccccc2)n1. The molecule has 0 spiro atoms. The average Bonchev–Trinajstić information content (AvgIpc) is 2.44. The Morgan fingerprint density at radius 2 is 2.00 bits per heavy atom. The minimum atomic E-state index is 0.127. The fourth-order valence-corrected chi connectivity index (χ4v) is 1.87. The molecule has 0 saturated heterocycles. The molecule has 1 atom stereocenters. The number of hydrogen-bond donors (Lipinski definition) is 3. The lowest BCUT2D eigenvalue weighted by molar-refractivity contribution is 0.232. The predicted molar refractivity (Wildman–Crippen MR) is 75.7 cm³/mol. The topological polar surface area (TPSA) is 84.1 Å². The van der Waals surface area contributed by atoms with Gasteiger partial charge in [-0.25, -0.2) is 4.98 Å². The molecule has 0 aliphatic rings. The number of nitrogens with two attached hydrogens (primary N) is 1. The number of nitrogens with one attached hydrogen (secondary N) is 1. The van der Waals surface area contributed by atoms with Crippen LogP contribution >= 0.6 is 0 Å². The molecule has 4 N–H and O–H groups in total. The Kier molecular flexibility index (Phi) is 4.69. The van der Waals surface area contributed by atoms with Crippen molar-refractivity contribution in [2.45, 2.75) is 6.42 Å². The molecule has 5 heteroatoms. The van der Waals surface area contributed by atoms with Crippen LogP contribution in [0, 0.1) is 5.92 Å². The first-order chi connectivity index (χ1) is 9.28. The summed E-state index contributed by atoms with van der Waals surface area (Å²) in [4.78, 5) is 7.89. The number of rotatable bonds is 6. The molecule has 2 rings (SSSR count). The molecule has 1 unspecified atom stereocenters. The second-order valence-corrected chi connectivity index (χ2v) is 4.42. The molecule has 5 nitrogen and oxygen atoms in total. The van der Waals surface area contributed by atoms with Gasteiger partial charge in [-0.05, 0) is 18.1 Å². The van der Waals surface area contributed by atoms with E-state index in [0.29, 0.717) is 12.4 Å². The van der Waals surface area contributed by atoms with Crippen molar-refractivity contribution in [2.24, 2.45) is 5.92 Å². The van der Waals surface area contributed by atoms with Gasteiger partial charge in [0.05, 0.1) is 0 Å². The van der Waals surface area contributed by atoms with Gasteiger partial charge in [-0.2, -0.15) is 4.98 Å². The molecule has 0 amide bonds. The Labute approximate surface area is 112 Å². The van der Waals surface area contributed by atoms with Crippen LogP contribution in [0.15, 0.2) is 42.6 Å². The van der Waals surface area contributed by atoms with Gasteiger partial charge in [-0.1, -0.05) is 30.3 Å². The van der Waals surface area contributed by atoms with Crippen molar-refractivity contribution >= 4 is 11.8 Å². The summed E-state index contributed by atoms with van der Waals surface area (Å²) < 4.78 is 0. The zero-order chi connectivity index (χ0) is 13.5. The summed E-state index contributed by atoms with van der Waals surface area (Å²) in [6, 6.07) is 11.9. The van der Waals surface area contributed by atoms with Gasteiger partial charge >= 0.3 is 0 Å². The van der Waals surface area contributed by atoms with E-state index in [4.69, 9.17) is 5.73 Å². The van der Waals surface area contributed by atoms with Gasteiger partial charge in [0.15, 0.2) is 0 Å². The maximum atomic E-state index is 9.42.